The van der Waals surface area contributed by atoms with Crippen molar-refractivity contribution in [3.8, 4) is 0 Å². The van der Waals surface area contributed by atoms with Gasteiger partial charge in [0.15, 0.2) is 0 Å². The fourth-order valence-corrected chi connectivity index (χ4v) is 3.28. The van der Waals surface area contributed by atoms with Crippen LogP contribution in [0.2, 0.25) is 0 Å². The Balaban J connectivity index is 2.16. The molecule has 1 aromatic heterocycles. The van der Waals surface area contributed by atoms with Crippen LogP contribution in [0.5, 0.6) is 0 Å². The monoisotopic (exact) mass is 299 g/mol. The normalized spacial score (nSPS) is 17.9. The molecule has 6 nitrogen and oxygen atoms in total. The summed E-state index contributed by atoms with van der Waals surface area (Å²) in [6, 6.07) is 3.28. The van der Waals surface area contributed by atoms with Crippen LogP contribution >= 0.6 is 0 Å². The maximum Gasteiger partial charge on any atom is 0.244 e. The summed E-state index contributed by atoms with van der Waals surface area (Å²) >= 11 is 0. The first-order valence-corrected chi connectivity index (χ1v) is 8.05. The molecule has 20 heavy (non-hydrogen) atoms. The Morgan fingerprint density at radius 2 is 1.90 bits per heavy atom. The third-order valence-electron chi connectivity index (χ3n) is 2.85. The molecule has 2 heterocycles. The second-order valence-corrected chi connectivity index (χ2v) is 7.71. The number of hydrogen-bond acceptors (Lipinski definition) is 5. The molecule has 0 radical (unpaired) electrons. The lowest BCUT2D eigenvalue weighted by molar-refractivity contribution is 0.0730. The molecule has 0 amide bonds. The maximum absolute atomic E-state index is 12.4. The topological polar surface area (TPSA) is 71.5 Å². The molecule has 112 valence electrons. The van der Waals surface area contributed by atoms with Gasteiger partial charge < -0.3 is 10.1 Å². The molecule has 1 aromatic rings. The van der Waals surface area contributed by atoms with Crippen LogP contribution in [0, 0.1) is 0 Å². The van der Waals surface area contributed by atoms with Gasteiger partial charge in [0.05, 0.1) is 13.2 Å². The second-order valence-electron chi connectivity index (χ2n) is 5.77. The van der Waals surface area contributed by atoms with Gasteiger partial charge in [0.25, 0.3) is 0 Å². The zero-order valence-corrected chi connectivity index (χ0v) is 12.9. The van der Waals surface area contributed by atoms with E-state index in [9.17, 15) is 8.42 Å². The smallest absolute Gasteiger partial charge is 0.244 e. The van der Waals surface area contributed by atoms with Gasteiger partial charge in [-0.25, -0.2) is 13.4 Å². The first-order chi connectivity index (χ1) is 9.29. The summed E-state index contributed by atoms with van der Waals surface area (Å²) in [6.07, 6.45) is 1.40. The molecule has 7 heteroatoms. The molecule has 1 fully saturated rings. The SMILES string of the molecule is CC(C)(C)Nc1ccc(S(=O)(=O)N2CCOCC2)cn1. The molecule has 1 aliphatic rings. The van der Waals surface area contributed by atoms with Crippen LogP contribution in [0.15, 0.2) is 23.2 Å². The predicted molar refractivity (Wildman–Crippen MR) is 77.2 cm³/mol. The van der Waals surface area contributed by atoms with Crippen molar-refractivity contribution in [2.24, 2.45) is 0 Å². The van der Waals surface area contributed by atoms with E-state index in [-0.39, 0.29) is 10.4 Å². The number of aromatic nitrogens is 1. The molecule has 0 saturated carbocycles. The standard InChI is InChI=1S/C13H21N3O3S/c1-13(2,3)15-12-5-4-11(10-14-12)20(17,18)16-6-8-19-9-7-16/h4-5,10H,6-9H2,1-3H3,(H,14,15). The quantitative estimate of drug-likeness (QED) is 0.911. The Hall–Kier alpha value is -1.18. The Labute approximate surface area is 120 Å². The lowest BCUT2D eigenvalue weighted by atomic mass is 10.1. The molecule has 0 aliphatic carbocycles. The van der Waals surface area contributed by atoms with Gasteiger partial charge >= 0.3 is 0 Å². The van der Waals surface area contributed by atoms with Crippen molar-refractivity contribution >= 4 is 15.8 Å². The Kier molecular flexibility index (Phi) is 4.31. The summed E-state index contributed by atoms with van der Waals surface area (Å²) in [5, 5.41) is 3.20. The summed E-state index contributed by atoms with van der Waals surface area (Å²) in [4.78, 5) is 4.40. The van der Waals surface area contributed by atoms with Crippen molar-refractivity contribution in [3.63, 3.8) is 0 Å². The van der Waals surface area contributed by atoms with Gasteiger partial charge in [-0.05, 0) is 32.9 Å². The molecule has 1 aliphatic heterocycles. The molecule has 0 unspecified atom stereocenters. The Morgan fingerprint density at radius 1 is 1.25 bits per heavy atom. The third-order valence-corrected chi connectivity index (χ3v) is 4.73. The van der Waals surface area contributed by atoms with E-state index in [1.54, 1.807) is 12.1 Å². The van der Waals surface area contributed by atoms with E-state index in [1.807, 2.05) is 20.8 Å². The minimum absolute atomic E-state index is 0.113. The molecule has 1 saturated heterocycles. The van der Waals surface area contributed by atoms with E-state index < -0.39 is 10.0 Å². The summed E-state index contributed by atoms with van der Waals surface area (Å²) in [5.41, 5.74) is -0.113. The highest BCUT2D eigenvalue weighted by Gasteiger charge is 2.26. The molecule has 2 rings (SSSR count). The highest BCUT2D eigenvalue weighted by atomic mass is 32.2. The number of nitrogens with one attached hydrogen (secondary N) is 1. The highest BCUT2D eigenvalue weighted by Crippen LogP contribution is 2.19. The van der Waals surface area contributed by atoms with E-state index in [2.05, 4.69) is 10.3 Å². The number of hydrogen-bond donors (Lipinski definition) is 1. The fraction of sp³-hybridized carbons (Fsp3) is 0.615. The van der Waals surface area contributed by atoms with Gasteiger partial charge in [-0.1, -0.05) is 0 Å². The average Bonchev–Trinajstić information content (AvgIpc) is 2.38. The van der Waals surface area contributed by atoms with Gasteiger partial charge in [-0.2, -0.15) is 4.31 Å². The minimum atomic E-state index is -3.46. The van der Waals surface area contributed by atoms with Crippen LogP contribution in [-0.4, -0.2) is 49.5 Å². The maximum atomic E-state index is 12.4. The van der Waals surface area contributed by atoms with Gasteiger partial charge in [0, 0.05) is 24.8 Å². The molecular weight excluding hydrogens is 278 g/mol. The van der Waals surface area contributed by atoms with Crippen molar-refractivity contribution in [1.29, 1.82) is 0 Å². The summed E-state index contributed by atoms with van der Waals surface area (Å²) in [7, 11) is -3.46. The van der Waals surface area contributed by atoms with Crippen molar-refractivity contribution in [3.05, 3.63) is 18.3 Å². The Bertz CT molecular complexity index is 543. The number of sulfonamides is 1. The van der Waals surface area contributed by atoms with Gasteiger partial charge in [-0.3, -0.25) is 0 Å². The molecule has 0 aromatic carbocycles. The third kappa shape index (κ3) is 3.68. The number of pyridine rings is 1. The molecule has 0 atom stereocenters. The van der Waals surface area contributed by atoms with Crippen LogP contribution in [0.1, 0.15) is 20.8 Å². The first-order valence-electron chi connectivity index (χ1n) is 6.61. The average molecular weight is 299 g/mol. The summed E-state index contributed by atoms with van der Waals surface area (Å²) in [5.74, 6) is 0.665. The number of rotatable bonds is 3. The highest BCUT2D eigenvalue weighted by molar-refractivity contribution is 7.89. The van der Waals surface area contributed by atoms with E-state index in [1.165, 1.54) is 10.5 Å². The minimum Gasteiger partial charge on any atom is -0.379 e. The number of anilines is 1. The second kappa shape index (κ2) is 5.67. The van der Waals surface area contributed by atoms with Gasteiger partial charge in [-0.15, -0.1) is 0 Å². The molecule has 0 spiro atoms. The Morgan fingerprint density at radius 3 is 2.40 bits per heavy atom. The van der Waals surface area contributed by atoms with Crippen molar-refractivity contribution in [2.45, 2.75) is 31.2 Å². The summed E-state index contributed by atoms with van der Waals surface area (Å²) in [6.45, 7) is 7.73. The van der Waals surface area contributed by atoms with E-state index in [4.69, 9.17) is 4.74 Å². The lowest BCUT2D eigenvalue weighted by Gasteiger charge is -2.26. The zero-order valence-electron chi connectivity index (χ0n) is 12.1. The number of morpholine rings is 1. The fourth-order valence-electron chi connectivity index (χ4n) is 1.93. The molecule has 0 bridgehead atoms. The van der Waals surface area contributed by atoms with Crippen molar-refractivity contribution < 1.29 is 13.2 Å². The number of nitrogens with zero attached hydrogens (tertiary/aromatic N) is 2. The van der Waals surface area contributed by atoms with E-state index >= 15 is 0 Å². The van der Waals surface area contributed by atoms with Crippen LogP contribution in [0.4, 0.5) is 5.82 Å². The molecule has 1 N–H and O–H groups in total. The zero-order chi connectivity index (χ0) is 14.8. The summed E-state index contributed by atoms with van der Waals surface area (Å²) < 4.78 is 31.4. The van der Waals surface area contributed by atoms with Crippen LogP contribution in [-0.2, 0) is 14.8 Å². The van der Waals surface area contributed by atoms with Crippen LogP contribution in [0.3, 0.4) is 0 Å². The van der Waals surface area contributed by atoms with E-state index in [0.29, 0.717) is 32.1 Å². The van der Waals surface area contributed by atoms with Crippen LogP contribution < -0.4 is 5.32 Å². The van der Waals surface area contributed by atoms with Crippen molar-refractivity contribution in [2.75, 3.05) is 31.6 Å². The van der Waals surface area contributed by atoms with Gasteiger partial charge in [0.1, 0.15) is 10.7 Å². The largest absolute Gasteiger partial charge is 0.379 e. The number of ether oxygens (including phenoxy) is 1. The molecular formula is C13H21N3O3S. The first kappa shape index (κ1) is 15.2. The van der Waals surface area contributed by atoms with E-state index in [0.717, 1.165) is 0 Å². The van der Waals surface area contributed by atoms with Crippen molar-refractivity contribution in [1.82, 2.24) is 9.29 Å². The lowest BCUT2D eigenvalue weighted by Crippen LogP contribution is -2.40. The predicted octanol–water partition coefficient (Wildman–Crippen LogP) is 1.31. The van der Waals surface area contributed by atoms with Crippen LogP contribution in [0.25, 0.3) is 0 Å². The van der Waals surface area contributed by atoms with Gasteiger partial charge in [0.2, 0.25) is 10.0 Å².